The molecular formula is C9H15N5O2. The third kappa shape index (κ3) is 1.85. The average Bonchev–Trinajstić information content (AvgIpc) is 2.61. The van der Waals surface area contributed by atoms with Crippen LogP contribution in [0.25, 0.3) is 0 Å². The van der Waals surface area contributed by atoms with Crippen molar-refractivity contribution in [3.63, 3.8) is 0 Å². The van der Waals surface area contributed by atoms with E-state index in [-0.39, 0.29) is 17.5 Å². The molecule has 1 aromatic rings. The number of nitrogens with zero attached hydrogens (tertiary/aromatic N) is 4. The van der Waals surface area contributed by atoms with Gasteiger partial charge in [-0.25, -0.2) is 4.68 Å². The van der Waals surface area contributed by atoms with Crippen molar-refractivity contribution in [1.29, 1.82) is 0 Å². The van der Waals surface area contributed by atoms with E-state index < -0.39 is 4.92 Å². The van der Waals surface area contributed by atoms with Gasteiger partial charge in [0, 0.05) is 0 Å². The van der Waals surface area contributed by atoms with Crippen LogP contribution in [0.5, 0.6) is 0 Å². The maximum Gasteiger partial charge on any atom is 0.330 e. The molecule has 0 unspecified atom stereocenters. The van der Waals surface area contributed by atoms with Crippen LogP contribution in [-0.2, 0) is 0 Å². The summed E-state index contributed by atoms with van der Waals surface area (Å²) in [6, 6.07) is 0.185. The lowest BCUT2D eigenvalue weighted by Crippen LogP contribution is -2.32. The standard InChI is InChI=1S/C9H15N5O2/c1-12-4-2-7(3-5-12)13-9(10)8(6-11-13)14(15)16/h6-7H,2-5,10H2,1H3. The number of nitro groups is 1. The Morgan fingerprint density at radius 1 is 1.56 bits per heavy atom. The predicted octanol–water partition coefficient (Wildman–Crippen LogP) is 0.640. The molecular weight excluding hydrogens is 210 g/mol. The summed E-state index contributed by atoms with van der Waals surface area (Å²) >= 11 is 0. The SMILES string of the molecule is CN1CCC(n2ncc([N+](=O)[O-])c2N)CC1. The highest BCUT2D eigenvalue weighted by molar-refractivity contribution is 5.51. The molecule has 1 aromatic heterocycles. The number of anilines is 1. The molecule has 1 saturated heterocycles. The Kier molecular flexibility index (Phi) is 2.78. The lowest BCUT2D eigenvalue weighted by atomic mass is 10.1. The lowest BCUT2D eigenvalue weighted by molar-refractivity contribution is -0.384. The first-order valence-corrected chi connectivity index (χ1v) is 5.25. The molecule has 0 radical (unpaired) electrons. The van der Waals surface area contributed by atoms with Crippen molar-refractivity contribution in [1.82, 2.24) is 14.7 Å². The summed E-state index contributed by atoms with van der Waals surface area (Å²) in [6.45, 7) is 1.94. The third-order valence-electron chi connectivity index (χ3n) is 3.04. The molecule has 0 aromatic carbocycles. The molecule has 2 rings (SSSR count). The van der Waals surface area contributed by atoms with E-state index in [0.717, 1.165) is 25.9 Å². The van der Waals surface area contributed by atoms with Crippen molar-refractivity contribution in [2.75, 3.05) is 25.9 Å². The number of hydrogen-bond acceptors (Lipinski definition) is 5. The third-order valence-corrected chi connectivity index (χ3v) is 3.04. The Morgan fingerprint density at radius 2 is 2.19 bits per heavy atom. The molecule has 0 bridgehead atoms. The second kappa shape index (κ2) is 4.09. The highest BCUT2D eigenvalue weighted by atomic mass is 16.6. The summed E-state index contributed by atoms with van der Waals surface area (Å²) in [4.78, 5) is 12.4. The highest BCUT2D eigenvalue weighted by Gasteiger charge is 2.25. The largest absolute Gasteiger partial charge is 0.378 e. The van der Waals surface area contributed by atoms with Gasteiger partial charge in [0.2, 0.25) is 5.82 Å². The van der Waals surface area contributed by atoms with Crippen molar-refractivity contribution >= 4 is 11.5 Å². The summed E-state index contributed by atoms with van der Waals surface area (Å²) in [5.41, 5.74) is 5.62. The van der Waals surface area contributed by atoms with Crippen LogP contribution in [-0.4, -0.2) is 39.7 Å². The summed E-state index contributed by atoms with van der Waals surface area (Å²) in [7, 11) is 2.06. The van der Waals surface area contributed by atoms with Gasteiger partial charge in [0.15, 0.2) is 0 Å². The number of nitrogen functional groups attached to an aromatic ring is 1. The molecule has 1 aliphatic heterocycles. The Hall–Kier alpha value is -1.63. The molecule has 0 amide bonds. The molecule has 2 N–H and O–H groups in total. The number of rotatable bonds is 2. The van der Waals surface area contributed by atoms with Crippen molar-refractivity contribution in [2.45, 2.75) is 18.9 Å². The van der Waals surface area contributed by atoms with Crippen molar-refractivity contribution in [3.05, 3.63) is 16.3 Å². The van der Waals surface area contributed by atoms with Gasteiger partial charge in [-0.2, -0.15) is 5.10 Å². The molecule has 1 aliphatic rings. The van der Waals surface area contributed by atoms with E-state index in [0.29, 0.717) is 0 Å². The van der Waals surface area contributed by atoms with Gasteiger partial charge in [-0.3, -0.25) is 10.1 Å². The number of piperidine rings is 1. The molecule has 7 nitrogen and oxygen atoms in total. The average molecular weight is 225 g/mol. The van der Waals surface area contributed by atoms with Gasteiger partial charge in [-0.15, -0.1) is 0 Å². The molecule has 0 atom stereocenters. The second-order valence-electron chi connectivity index (χ2n) is 4.15. The maximum absolute atomic E-state index is 10.6. The predicted molar refractivity (Wildman–Crippen MR) is 59.1 cm³/mol. The van der Waals surface area contributed by atoms with Crippen molar-refractivity contribution in [2.24, 2.45) is 0 Å². The topological polar surface area (TPSA) is 90.2 Å². The van der Waals surface area contributed by atoms with Crippen LogP contribution in [0.1, 0.15) is 18.9 Å². The smallest absolute Gasteiger partial charge is 0.330 e. The Labute approximate surface area is 93.0 Å². The van der Waals surface area contributed by atoms with E-state index >= 15 is 0 Å². The second-order valence-corrected chi connectivity index (χ2v) is 4.15. The molecule has 0 spiro atoms. The zero-order valence-electron chi connectivity index (χ0n) is 9.17. The van der Waals surface area contributed by atoms with E-state index in [2.05, 4.69) is 17.0 Å². The van der Waals surface area contributed by atoms with Gasteiger partial charge < -0.3 is 10.6 Å². The van der Waals surface area contributed by atoms with Crippen LogP contribution in [0.4, 0.5) is 11.5 Å². The highest BCUT2D eigenvalue weighted by Crippen LogP contribution is 2.28. The first-order chi connectivity index (χ1) is 7.59. The van der Waals surface area contributed by atoms with E-state index in [1.807, 2.05) is 0 Å². The number of likely N-dealkylation sites (tertiary alicyclic amines) is 1. The molecule has 7 heteroatoms. The zero-order valence-corrected chi connectivity index (χ0v) is 9.17. The molecule has 0 saturated carbocycles. The minimum absolute atomic E-state index is 0.0982. The Morgan fingerprint density at radius 3 is 2.69 bits per heavy atom. The van der Waals surface area contributed by atoms with E-state index in [4.69, 9.17) is 5.73 Å². The van der Waals surface area contributed by atoms with Crippen LogP contribution in [0.3, 0.4) is 0 Å². The minimum atomic E-state index is -0.492. The fourth-order valence-electron chi connectivity index (χ4n) is 2.03. The fraction of sp³-hybridized carbons (Fsp3) is 0.667. The summed E-state index contributed by atoms with van der Waals surface area (Å²) in [6.07, 6.45) is 3.09. The molecule has 0 aliphatic carbocycles. The molecule has 88 valence electrons. The Balaban J connectivity index is 2.18. The van der Waals surface area contributed by atoms with Crippen LogP contribution in [0.15, 0.2) is 6.20 Å². The monoisotopic (exact) mass is 225 g/mol. The lowest BCUT2D eigenvalue weighted by Gasteiger charge is -2.29. The molecule has 2 heterocycles. The van der Waals surface area contributed by atoms with Crippen LogP contribution >= 0.6 is 0 Å². The Bertz CT molecular complexity index is 395. The summed E-state index contributed by atoms with van der Waals surface area (Å²) in [5, 5.41) is 14.7. The summed E-state index contributed by atoms with van der Waals surface area (Å²) < 4.78 is 1.59. The van der Waals surface area contributed by atoms with Gasteiger partial charge in [0.1, 0.15) is 6.20 Å². The number of hydrogen-bond donors (Lipinski definition) is 1. The van der Waals surface area contributed by atoms with Crippen molar-refractivity contribution in [3.8, 4) is 0 Å². The van der Waals surface area contributed by atoms with Gasteiger partial charge >= 0.3 is 5.69 Å². The van der Waals surface area contributed by atoms with Crippen molar-refractivity contribution < 1.29 is 4.92 Å². The first-order valence-electron chi connectivity index (χ1n) is 5.25. The molecule has 1 fully saturated rings. The van der Waals surface area contributed by atoms with E-state index in [9.17, 15) is 10.1 Å². The van der Waals surface area contributed by atoms with Gasteiger partial charge in [0.05, 0.1) is 11.0 Å². The zero-order chi connectivity index (χ0) is 11.7. The maximum atomic E-state index is 10.6. The minimum Gasteiger partial charge on any atom is -0.378 e. The van der Waals surface area contributed by atoms with E-state index in [1.165, 1.54) is 6.20 Å². The van der Waals surface area contributed by atoms with Crippen LogP contribution in [0.2, 0.25) is 0 Å². The number of aromatic nitrogens is 2. The van der Waals surface area contributed by atoms with Crippen LogP contribution in [0, 0.1) is 10.1 Å². The van der Waals surface area contributed by atoms with Gasteiger partial charge in [-0.1, -0.05) is 0 Å². The normalized spacial score (nSPS) is 18.8. The molecule has 16 heavy (non-hydrogen) atoms. The first kappa shape index (κ1) is 10.9. The fourth-order valence-corrected chi connectivity index (χ4v) is 2.03. The quantitative estimate of drug-likeness (QED) is 0.589. The van der Waals surface area contributed by atoms with E-state index in [1.54, 1.807) is 4.68 Å². The van der Waals surface area contributed by atoms with Gasteiger partial charge in [-0.05, 0) is 33.0 Å². The van der Waals surface area contributed by atoms with Crippen LogP contribution < -0.4 is 5.73 Å². The number of nitrogens with two attached hydrogens (primary N) is 1. The summed E-state index contributed by atoms with van der Waals surface area (Å²) in [5.74, 6) is 0.166. The van der Waals surface area contributed by atoms with Gasteiger partial charge in [0.25, 0.3) is 0 Å².